The molecule has 0 spiro atoms. The molecular weight excluding hydrogens is 254 g/mol. The van der Waals surface area contributed by atoms with Crippen LogP contribution in [0.1, 0.15) is 16.8 Å². The second kappa shape index (κ2) is 5.00. The summed E-state index contributed by atoms with van der Waals surface area (Å²) in [7, 11) is 3.88. The molecule has 5 nitrogen and oxygen atoms in total. The van der Waals surface area contributed by atoms with Gasteiger partial charge in [-0.1, -0.05) is 0 Å². The van der Waals surface area contributed by atoms with Crippen molar-refractivity contribution in [2.75, 3.05) is 19.0 Å². The number of hydrogen-bond acceptors (Lipinski definition) is 3. The van der Waals surface area contributed by atoms with Gasteiger partial charge < -0.3 is 15.6 Å². The van der Waals surface area contributed by atoms with Crippen LogP contribution >= 0.6 is 0 Å². The van der Waals surface area contributed by atoms with Crippen molar-refractivity contribution in [3.63, 3.8) is 0 Å². The van der Waals surface area contributed by atoms with E-state index < -0.39 is 5.91 Å². The molecule has 106 valence electrons. The standard InChI is InChI=1S/C15H19N3O2/c1-8-5-10(18(3)4)6-12-14(8)15(20)9(2)11(17-12)7-13(16)19/h5-6H,7H2,1-4H3,(H2,16,19)(H,17,20). The Morgan fingerprint density at radius 2 is 1.95 bits per heavy atom. The van der Waals surface area contributed by atoms with Gasteiger partial charge >= 0.3 is 0 Å². The molecule has 0 aliphatic carbocycles. The molecule has 1 aromatic heterocycles. The summed E-state index contributed by atoms with van der Waals surface area (Å²) in [5, 5.41) is 0.668. The summed E-state index contributed by atoms with van der Waals surface area (Å²) in [6.07, 6.45) is 0.0439. The molecule has 2 aromatic rings. The van der Waals surface area contributed by atoms with E-state index in [0.717, 1.165) is 16.8 Å². The van der Waals surface area contributed by atoms with E-state index in [4.69, 9.17) is 5.73 Å². The van der Waals surface area contributed by atoms with Crippen LogP contribution in [0.2, 0.25) is 0 Å². The van der Waals surface area contributed by atoms with Gasteiger partial charge in [-0.15, -0.1) is 0 Å². The molecule has 0 atom stereocenters. The molecule has 20 heavy (non-hydrogen) atoms. The van der Waals surface area contributed by atoms with Crippen LogP contribution in [0.25, 0.3) is 10.9 Å². The number of fused-ring (bicyclic) bond motifs is 1. The van der Waals surface area contributed by atoms with E-state index in [9.17, 15) is 9.59 Å². The Labute approximate surface area is 117 Å². The average molecular weight is 273 g/mol. The maximum Gasteiger partial charge on any atom is 0.223 e. The molecule has 1 heterocycles. The first-order valence-corrected chi connectivity index (χ1v) is 6.43. The number of aromatic amines is 1. The first-order valence-electron chi connectivity index (χ1n) is 6.43. The van der Waals surface area contributed by atoms with Gasteiger partial charge in [-0.25, -0.2) is 0 Å². The number of benzene rings is 1. The fourth-order valence-corrected chi connectivity index (χ4v) is 2.36. The normalized spacial score (nSPS) is 10.8. The van der Waals surface area contributed by atoms with Crippen molar-refractivity contribution in [2.24, 2.45) is 5.73 Å². The van der Waals surface area contributed by atoms with Crippen LogP contribution < -0.4 is 16.1 Å². The van der Waals surface area contributed by atoms with E-state index in [2.05, 4.69) is 4.98 Å². The Morgan fingerprint density at radius 1 is 1.30 bits per heavy atom. The number of pyridine rings is 1. The monoisotopic (exact) mass is 273 g/mol. The maximum absolute atomic E-state index is 12.4. The lowest BCUT2D eigenvalue weighted by Gasteiger charge is -2.16. The number of primary amides is 1. The Balaban J connectivity index is 2.80. The van der Waals surface area contributed by atoms with Gasteiger partial charge in [0.05, 0.1) is 11.9 Å². The fraction of sp³-hybridized carbons (Fsp3) is 0.333. The number of nitrogens with zero attached hydrogens (tertiary/aromatic N) is 1. The quantitative estimate of drug-likeness (QED) is 0.883. The number of carbonyl (C=O) groups excluding carboxylic acids is 1. The number of H-pyrrole nitrogens is 1. The largest absolute Gasteiger partial charge is 0.378 e. The summed E-state index contributed by atoms with van der Waals surface area (Å²) >= 11 is 0. The van der Waals surface area contributed by atoms with Gasteiger partial charge in [-0.05, 0) is 31.5 Å². The van der Waals surface area contributed by atoms with Crippen molar-refractivity contribution in [2.45, 2.75) is 20.3 Å². The third kappa shape index (κ3) is 2.39. The minimum Gasteiger partial charge on any atom is -0.378 e. The summed E-state index contributed by atoms with van der Waals surface area (Å²) < 4.78 is 0. The molecule has 0 fully saturated rings. The van der Waals surface area contributed by atoms with Crippen LogP contribution in [0, 0.1) is 13.8 Å². The molecule has 0 radical (unpaired) electrons. The zero-order chi connectivity index (χ0) is 15.0. The highest BCUT2D eigenvalue weighted by Gasteiger charge is 2.13. The lowest BCUT2D eigenvalue weighted by molar-refractivity contribution is -0.117. The first kappa shape index (κ1) is 14.1. The lowest BCUT2D eigenvalue weighted by atomic mass is 10.0. The van der Waals surface area contributed by atoms with Crippen LogP contribution in [-0.4, -0.2) is 25.0 Å². The molecule has 2 rings (SSSR count). The van der Waals surface area contributed by atoms with Crippen LogP contribution in [0.4, 0.5) is 5.69 Å². The average Bonchev–Trinajstić information content (AvgIpc) is 2.34. The number of nitrogens with one attached hydrogen (secondary N) is 1. The highest BCUT2D eigenvalue weighted by Crippen LogP contribution is 2.22. The Kier molecular flexibility index (Phi) is 3.53. The molecular formula is C15H19N3O2. The molecule has 0 bridgehead atoms. The summed E-state index contributed by atoms with van der Waals surface area (Å²) in [6, 6.07) is 3.89. The van der Waals surface area contributed by atoms with Gasteiger partial charge in [-0.3, -0.25) is 9.59 Å². The summed E-state index contributed by atoms with van der Waals surface area (Å²) in [5.74, 6) is -0.455. The molecule has 0 aliphatic heterocycles. The SMILES string of the molecule is Cc1c(CC(N)=O)[nH]c2cc(N(C)C)cc(C)c2c1=O. The number of hydrogen-bond donors (Lipinski definition) is 2. The molecule has 5 heteroatoms. The molecule has 0 saturated heterocycles. The summed E-state index contributed by atoms with van der Waals surface area (Å²) in [5.41, 5.74) is 8.98. The molecule has 3 N–H and O–H groups in total. The smallest absolute Gasteiger partial charge is 0.223 e. The highest BCUT2D eigenvalue weighted by molar-refractivity contribution is 5.87. The first-order chi connectivity index (χ1) is 9.31. The van der Waals surface area contributed by atoms with Gasteiger partial charge in [0.2, 0.25) is 5.91 Å². The van der Waals surface area contributed by atoms with Crippen molar-refractivity contribution in [1.82, 2.24) is 4.98 Å². The van der Waals surface area contributed by atoms with Crippen molar-refractivity contribution < 1.29 is 4.79 Å². The van der Waals surface area contributed by atoms with Gasteiger partial charge in [-0.2, -0.15) is 0 Å². The Hall–Kier alpha value is -2.30. The van der Waals surface area contributed by atoms with E-state index in [1.807, 2.05) is 38.1 Å². The number of aromatic nitrogens is 1. The lowest BCUT2D eigenvalue weighted by Crippen LogP contribution is -2.20. The number of amides is 1. The highest BCUT2D eigenvalue weighted by atomic mass is 16.1. The van der Waals surface area contributed by atoms with E-state index in [1.54, 1.807) is 6.92 Å². The number of anilines is 1. The maximum atomic E-state index is 12.4. The second-order valence-corrected chi connectivity index (χ2v) is 5.28. The van der Waals surface area contributed by atoms with E-state index in [0.29, 0.717) is 16.6 Å². The third-order valence-corrected chi connectivity index (χ3v) is 3.49. The third-order valence-electron chi connectivity index (χ3n) is 3.49. The zero-order valence-electron chi connectivity index (χ0n) is 12.2. The van der Waals surface area contributed by atoms with E-state index >= 15 is 0 Å². The number of aryl methyl sites for hydroxylation is 1. The van der Waals surface area contributed by atoms with Crippen molar-refractivity contribution in [1.29, 1.82) is 0 Å². The van der Waals surface area contributed by atoms with Crippen molar-refractivity contribution >= 4 is 22.5 Å². The van der Waals surface area contributed by atoms with Crippen molar-refractivity contribution in [3.05, 3.63) is 39.2 Å². The van der Waals surface area contributed by atoms with Gasteiger partial charge in [0.15, 0.2) is 5.43 Å². The van der Waals surface area contributed by atoms with E-state index in [-0.39, 0.29) is 11.8 Å². The number of carbonyl (C=O) groups is 1. The minimum atomic E-state index is -0.455. The molecule has 0 unspecified atom stereocenters. The second-order valence-electron chi connectivity index (χ2n) is 5.28. The molecule has 0 aliphatic rings. The van der Waals surface area contributed by atoms with Gasteiger partial charge in [0.1, 0.15) is 0 Å². The fourth-order valence-electron chi connectivity index (χ4n) is 2.36. The van der Waals surface area contributed by atoms with Crippen molar-refractivity contribution in [3.8, 4) is 0 Å². The molecule has 0 saturated carbocycles. The minimum absolute atomic E-state index is 0.0437. The van der Waals surface area contributed by atoms with Crippen LogP contribution in [-0.2, 0) is 11.2 Å². The number of nitrogens with two attached hydrogens (primary N) is 1. The molecule has 1 aromatic carbocycles. The van der Waals surface area contributed by atoms with Crippen LogP contribution in [0.3, 0.4) is 0 Å². The van der Waals surface area contributed by atoms with E-state index in [1.165, 1.54) is 0 Å². The molecule has 1 amide bonds. The Morgan fingerprint density at radius 3 is 2.50 bits per heavy atom. The summed E-state index contributed by atoms with van der Waals surface area (Å²) in [6.45, 7) is 3.63. The predicted molar refractivity (Wildman–Crippen MR) is 81.3 cm³/mol. The van der Waals surface area contributed by atoms with Crippen LogP contribution in [0.5, 0.6) is 0 Å². The van der Waals surface area contributed by atoms with Crippen LogP contribution in [0.15, 0.2) is 16.9 Å². The topological polar surface area (TPSA) is 79.2 Å². The van der Waals surface area contributed by atoms with Gasteiger partial charge in [0.25, 0.3) is 0 Å². The van der Waals surface area contributed by atoms with Gasteiger partial charge in [0, 0.05) is 36.4 Å². The zero-order valence-corrected chi connectivity index (χ0v) is 12.2. The Bertz CT molecular complexity index is 745. The summed E-state index contributed by atoms with van der Waals surface area (Å²) in [4.78, 5) is 28.7. The number of rotatable bonds is 3. The predicted octanol–water partition coefficient (Wildman–Crippen LogP) is 1.24.